The number of hydrogen-bond donors (Lipinski definition) is 0. The molecule has 6 rings (SSSR count). The largest absolute Gasteiger partial charge is 0.488 e. The SMILES string of the molecule is Cc1c[c-]c(-c2ccccn2)cc1.Cc1nc2cc(-c3nccn3-c3c(C)cccc3C)[c-]cc2o1.[Ir]. The van der Waals surface area contributed by atoms with E-state index >= 15 is 0 Å². The molecular weight excluding hydrogens is 637 g/mol. The van der Waals surface area contributed by atoms with Gasteiger partial charge in [-0.05, 0) is 36.7 Å². The van der Waals surface area contributed by atoms with Crippen molar-refractivity contribution < 1.29 is 24.5 Å². The number of hydrogen-bond acceptors (Lipinski definition) is 4. The summed E-state index contributed by atoms with van der Waals surface area (Å²) in [6.45, 7) is 8.12. The van der Waals surface area contributed by atoms with E-state index in [1.54, 1.807) is 6.20 Å². The summed E-state index contributed by atoms with van der Waals surface area (Å²) in [6.07, 6.45) is 5.59. The molecule has 6 aromatic rings. The molecule has 187 valence electrons. The van der Waals surface area contributed by atoms with Gasteiger partial charge in [0, 0.05) is 56.8 Å². The molecule has 0 aliphatic carbocycles. The summed E-state index contributed by atoms with van der Waals surface area (Å²) in [5.74, 6) is 1.51. The summed E-state index contributed by atoms with van der Waals surface area (Å²) >= 11 is 0. The number of rotatable bonds is 3. The number of fused-ring (bicyclic) bond motifs is 1. The third-order valence-electron chi connectivity index (χ3n) is 5.90. The van der Waals surface area contributed by atoms with Gasteiger partial charge in [-0.1, -0.05) is 37.3 Å². The van der Waals surface area contributed by atoms with Crippen LogP contribution in [0.3, 0.4) is 0 Å². The number of para-hydroxylation sites is 1. The summed E-state index contributed by atoms with van der Waals surface area (Å²) in [5, 5.41) is 0. The first-order valence-electron chi connectivity index (χ1n) is 11.8. The first-order valence-corrected chi connectivity index (χ1v) is 11.8. The molecule has 0 N–H and O–H groups in total. The normalized spacial score (nSPS) is 10.5. The third kappa shape index (κ3) is 5.77. The number of aryl methyl sites for hydroxylation is 4. The number of nitrogens with zero attached hydrogens (tertiary/aromatic N) is 4. The maximum atomic E-state index is 5.52. The molecular formula is C31H26IrN4O-2. The van der Waals surface area contributed by atoms with Gasteiger partial charge >= 0.3 is 0 Å². The molecule has 3 heterocycles. The first kappa shape index (κ1) is 26.2. The summed E-state index contributed by atoms with van der Waals surface area (Å²) in [6, 6.07) is 28.5. The Morgan fingerprint density at radius 2 is 1.57 bits per heavy atom. The molecule has 0 bridgehead atoms. The maximum Gasteiger partial charge on any atom is 0.180 e. The average Bonchev–Trinajstić information content (AvgIpc) is 3.51. The van der Waals surface area contributed by atoms with Gasteiger partial charge in [0.05, 0.1) is 11.4 Å². The standard InChI is InChI=1S/C19H16N3O.C12H10N.Ir/c1-12-5-4-6-13(2)18(12)22-10-9-20-19(22)15-7-8-17-16(11-15)21-14(3)23-17;1-10-5-7-11(8-6-10)12-4-2-3-9-13-12;/h4-6,8-11H,1-3H3;2-7,9H,1H3;/q2*-1;. The molecule has 1 radical (unpaired) electrons. The maximum absolute atomic E-state index is 5.52. The van der Waals surface area contributed by atoms with Crippen molar-refractivity contribution in [2.75, 3.05) is 0 Å². The molecule has 3 aromatic heterocycles. The Kier molecular flexibility index (Phi) is 8.12. The minimum atomic E-state index is 0. The zero-order valence-corrected chi connectivity index (χ0v) is 23.5. The Balaban J connectivity index is 0.000000195. The molecule has 0 saturated carbocycles. The van der Waals surface area contributed by atoms with Crippen molar-refractivity contribution in [1.29, 1.82) is 0 Å². The molecule has 0 amide bonds. The van der Waals surface area contributed by atoms with Gasteiger partial charge in [-0.25, -0.2) is 4.98 Å². The molecule has 0 spiro atoms. The Bertz CT molecular complexity index is 1600. The molecule has 6 heteroatoms. The molecule has 0 atom stereocenters. The number of benzene rings is 3. The molecule has 0 saturated heterocycles. The van der Waals surface area contributed by atoms with Gasteiger partial charge < -0.3 is 14.0 Å². The average molecular weight is 663 g/mol. The fourth-order valence-corrected chi connectivity index (χ4v) is 4.17. The molecule has 0 aliphatic rings. The zero-order chi connectivity index (χ0) is 25.1. The predicted molar refractivity (Wildman–Crippen MR) is 143 cm³/mol. The van der Waals surface area contributed by atoms with Crippen molar-refractivity contribution >= 4 is 11.1 Å². The second-order valence-electron chi connectivity index (χ2n) is 8.69. The Morgan fingerprint density at radius 3 is 2.27 bits per heavy atom. The van der Waals surface area contributed by atoms with Crippen LogP contribution in [0, 0.1) is 39.8 Å². The predicted octanol–water partition coefficient (Wildman–Crippen LogP) is 7.26. The fraction of sp³-hybridized carbons (Fsp3) is 0.129. The minimum absolute atomic E-state index is 0. The number of pyridine rings is 1. The van der Waals surface area contributed by atoms with E-state index in [2.05, 4.69) is 76.7 Å². The second kappa shape index (κ2) is 11.5. The quantitative estimate of drug-likeness (QED) is 0.187. The van der Waals surface area contributed by atoms with Crippen molar-refractivity contribution in [2.24, 2.45) is 0 Å². The molecule has 0 aliphatic heterocycles. The Labute approximate surface area is 230 Å². The second-order valence-corrected chi connectivity index (χ2v) is 8.69. The van der Waals surface area contributed by atoms with E-state index in [1.807, 2.05) is 61.8 Å². The van der Waals surface area contributed by atoms with E-state index in [9.17, 15) is 0 Å². The monoisotopic (exact) mass is 663 g/mol. The fourth-order valence-electron chi connectivity index (χ4n) is 4.17. The van der Waals surface area contributed by atoms with Crippen LogP contribution >= 0.6 is 0 Å². The van der Waals surface area contributed by atoms with E-state index in [1.165, 1.54) is 16.7 Å². The number of imidazole rings is 1. The Hall–Kier alpha value is -3.86. The summed E-state index contributed by atoms with van der Waals surface area (Å²) < 4.78 is 7.63. The Morgan fingerprint density at radius 1 is 0.784 bits per heavy atom. The zero-order valence-electron chi connectivity index (χ0n) is 21.1. The van der Waals surface area contributed by atoms with E-state index < -0.39 is 0 Å². The van der Waals surface area contributed by atoms with E-state index in [0.29, 0.717) is 5.89 Å². The molecule has 5 nitrogen and oxygen atoms in total. The topological polar surface area (TPSA) is 56.7 Å². The van der Waals surface area contributed by atoms with Crippen LogP contribution in [-0.4, -0.2) is 19.5 Å². The van der Waals surface area contributed by atoms with E-state index in [4.69, 9.17) is 4.42 Å². The van der Waals surface area contributed by atoms with Crippen LogP contribution in [-0.2, 0) is 20.1 Å². The van der Waals surface area contributed by atoms with Gasteiger partial charge in [0.25, 0.3) is 0 Å². The minimum Gasteiger partial charge on any atom is -0.488 e. The van der Waals surface area contributed by atoms with Crippen LogP contribution < -0.4 is 0 Å². The van der Waals surface area contributed by atoms with Crippen LogP contribution in [0.2, 0.25) is 0 Å². The van der Waals surface area contributed by atoms with Crippen molar-refractivity contribution in [3.63, 3.8) is 0 Å². The number of oxazole rings is 1. The van der Waals surface area contributed by atoms with Gasteiger partial charge in [0.15, 0.2) is 5.89 Å². The van der Waals surface area contributed by atoms with E-state index in [0.717, 1.165) is 39.4 Å². The van der Waals surface area contributed by atoms with E-state index in [-0.39, 0.29) is 20.1 Å². The van der Waals surface area contributed by atoms with Crippen LogP contribution in [0.4, 0.5) is 0 Å². The first-order chi connectivity index (χ1) is 17.5. The van der Waals surface area contributed by atoms with Crippen LogP contribution in [0.5, 0.6) is 0 Å². The van der Waals surface area contributed by atoms with Crippen molar-refractivity contribution in [2.45, 2.75) is 27.7 Å². The molecule has 37 heavy (non-hydrogen) atoms. The number of aromatic nitrogens is 4. The van der Waals surface area contributed by atoms with Gasteiger partial charge in [-0.15, -0.1) is 59.2 Å². The van der Waals surface area contributed by atoms with Gasteiger partial charge in [-0.2, -0.15) is 0 Å². The van der Waals surface area contributed by atoms with Gasteiger partial charge in [0.2, 0.25) is 0 Å². The van der Waals surface area contributed by atoms with Crippen molar-refractivity contribution in [3.8, 4) is 28.3 Å². The van der Waals surface area contributed by atoms with Crippen molar-refractivity contribution in [1.82, 2.24) is 19.5 Å². The molecule has 0 unspecified atom stereocenters. The van der Waals surface area contributed by atoms with Crippen LogP contribution in [0.15, 0.2) is 89.7 Å². The van der Waals surface area contributed by atoms with Crippen molar-refractivity contribution in [3.05, 3.63) is 120 Å². The smallest absolute Gasteiger partial charge is 0.180 e. The summed E-state index contributed by atoms with van der Waals surface area (Å²) in [4.78, 5) is 13.2. The van der Waals surface area contributed by atoms with Gasteiger partial charge in [-0.3, -0.25) is 4.98 Å². The molecule has 0 fully saturated rings. The van der Waals surface area contributed by atoms with Crippen LogP contribution in [0.25, 0.3) is 39.4 Å². The van der Waals surface area contributed by atoms with Crippen LogP contribution in [0.1, 0.15) is 22.6 Å². The van der Waals surface area contributed by atoms with Gasteiger partial charge in [0.1, 0.15) is 0 Å². The molecule has 3 aromatic carbocycles. The summed E-state index contributed by atoms with van der Waals surface area (Å²) in [7, 11) is 0. The third-order valence-corrected chi connectivity index (χ3v) is 5.90. The summed E-state index contributed by atoms with van der Waals surface area (Å²) in [5.41, 5.74) is 9.30.